The van der Waals surface area contributed by atoms with Gasteiger partial charge in [-0.05, 0) is 168 Å². The fourth-order valence-corrected chi connectivity index (χ4v) is 13.6. The van der Waals surface area contributed by atoms with Gasteiger partial charge in [0.05, 0.1) is 66.2 Å². The second-order valence-electron chi connectivity index (χ2n) is 22.2. The maximum atomic E-state index is 4.85. The summed E-state index contributed by atoms with van der Waals surface area (Å²) in [6, 6.07) is 88.8. The van der Waals surface area contributed by atoms with Crippen molar-refractivity contribution in [2.75, 3.05) is 0 Å². The Balaban J connectivity index is 0.816. The Labute approximate surface area is 473 Å². The third-order valence-corrected chi connectivity index (χ3v) is 17.1. The van der Waals surface area contributed by atoms with Crippen LogP contribution in [0.5, 0.6) is 0 Å². The van der Waals surface area contributed by atoms with E-state index in [1.54, 1.807) is 0 Å². The molecule has 16 aromatic rings. The van der Waals surface area contributed by atoms with E-state index in [2.05, 4.69) is 237 Å². The Morgan fingerprint density at radius 3 is 0.878 bits per heavy atom. The smallest absolute Gasteiger partial charge is 0.0963 e. The first-order valence-corrected chi connectivity index (χ1v) is 28.3. The van der Waals surface area contributed by atoms with Crippen LogP contribution >= 0.6 is 0 Å². The van der Waals surface area contributed by atoms with Gasteiger partial charge in [0.2, 0.25) is 0 Å². The summed E-state index contributed by atoms with van der Waals surface area (Å²) >= 11 is 0. The van der Waals surface area contributed by atoms with Crippen molar-refractivity contribution in [2.24, 2.45) is 5.41 Å². The van der Waals surface area contributed by atoms with Crippen molar-refractivity contribution >= 4 is 87.7 Å². The lowest BCUT2D eigenvalue weighted by atomic mass is 9.68. The highest BCUT2D eigenvalue weighted by molar-refractivity contribution is 6.09. The van der Waals surface area contributed by atoms with E-state index in [4.69, 9.17) is 19.9 Å². The standard InChI is InChI=1S/C74H54N8/c1-5-17-62-58(13-1)70-66(21-9-41-75-70)79(62)49-54-27-25-50(26-28-54)45-74(46-51-29-35-55(36-30-51)80-63-18-6-2-14-59(63)71-67(80)22-10-42-76-71,47-52-31-37-56(38-32-52)81-64-19-7-3-15-60(64)72-68(81)23-11-43-77-72)48-53-33-39-57(40-34-53)82-65-20-8-4-16-61(65)73-69(82)24-12-44-78-73/h1-44H,45-49H2. The molecule has 0 aliphatic carbocycles. The van der Waals surface area contributed by atoms with E-state index < -0.39 is 0 Å². The highest BCUT2D eigenvalue weighted by atomic mass is 15.0. The molecule has 8 heteroatoms. The lowest BCUT2D eigenvalue weighted by Crippen LogP contribution is -2.32. The topological polar surface area (TPSA) is 71.3 Å². The van der Waals surface area contributed by atoms with Gasteiger partial charge in [-0.3, -0.25) is 19.9 Å². The molecule has 390 valence electrons. The summed E-state index contributed by atoms with van der Waals surface area (Å²) in [5.74, 6) is 0. The van der Waals surface area contributed by atoms with Crippen molar-refractivity contribution in [3.8, 4) is 17.1 Å². The summed E-state index contributed by atoms with van der Waals surface area (Å²) in [6.45, 7) is 0.748. The molecule has 8 heterocycles. The van der Waals surface area contributed by atoms with Crippen LogP contribution in [-0.4, -0.2) is 38.2 Å². The van der Waals surface area contributed by atoms with Crippen LogP contribution in [0.4, 0.5) is 0 Å². The average Bonchev–Trinajstić information content (AvgIpc) is 4.41. The maximum Gasteiger partial charge on any atom is 0.0963 e. The molecule has 0 bridgehead atoms. The van der Waals surface area contributed by atoms with Gasteiger partial charge in [0.15, 0.2) is 0 Å². The van der Waals surface area contributed by atoms with Gasteiger partial charge in [-0.15, -0.1) is 0 Å². The van der Waals surface area contributed by atoms with Crippen LogP contribution in [0.15, 0.2) is 267 Å². The van der Waals surface area contributed by atoms with Crippen LogP contribution < -0.4 is 0 Å². The predicted molar refractivity (Wildman–Crippen MR) is 336 cm³/mol. The zero-order valence-electron chi connectivity index (χ0n) is 45.0. The normalized spacial score (nSPS) is 12.1. The predicted octanol–water partition coefficient (Wildman–Crippen LogP) is 17.0. The monoisotopic (exact) mass is 1050 g/mol. The van der Waals surface area contributed by atoms with Gasteiger partial charge in [0.1, 0.15) is 0 Å². The van der Waals surface area contributed by atoms with Gasteiger partial charge >= 0.3 is 0 Å². The van der Waals surface area contributed by atoms with E-state index in [-0.39, 0.29) is 5.41 Å². The Hall–Kier alpha value is -10.4. The Kier molecular flexibility index (Phi) is 11.3. The molecule has 0 N–H and O–H groups in total. The van der Waals surface area contributed by atoms with E-state index in [0.717, 1.165) is 126 Å². The largest absolute Gasteiger partial charge is 0.335 e. The molecule has 0 fully saturated rings. The Morgan fingerprint density at radius 1 is 0.244 bits per heavy atom. The van der Waals surface area contributed by atoms with Crippen LogP contribution in [-0.2, 0) is 32.2 Å². The lowest BCUT2D eigenvalue weighted by molar-refractivity contribution is 0.275. The molecule has 8 aromatic heterocycles. The van der Waals surface area contributed by atoms with E-state index in [1.807, 2.05) is 49.1 Å². The van der Waals surface area contributed by atoms with Crippen molar-refractivity contribution in [3.05, 3.63) is 295 Å². The zero-order chi connectivity index (χ0) is 54.1. The fourth-order valence-electron chi connectivity index (χ4n) is 13.6. The highest BCUT2D eigenvalue weighted by Gasteiger charge is 2.33. The minimum absolute atomic E-state index is 0.269. The van der Waals surface area contributed by atoms with Gasteiger partial charge in [-0.25, -0.2) is 0 Å². The zero-order valence-corrected chi connectivity index (χ0v) is 45.0. The van der Waals surface area contributed by atoms with Crippen molar-refractivity contribution in [1.29, 1.82) is 0 Å². The van der Waals surface area contributed by atoms with E-state index in [9.17, 15) is 0 Å². The van der Waals surface area contributed by atoms with Crippen molar-refractivity contribution in [3.63, 3.8) is 0 Å². The molecule has 0 saturated carbocycles. The number of pyridine rings is 4. The van der Waals surface area contributed by atoms with Crippen molar-refractivity contribution < 1.29 is 0 Å². The van der Waals surface area contributed by atoms with Crippen LogP contribution in [0, 0.1) is 5.41 Å². The van der Waals surface area contributed by atoms with Crippen LogP contribution in [0.25, 0.3) is 105 Å². The fraction of sp³-hybridized carbons (Fsp3) is 0.0811. The van der Waals surface area contributed by atoms with Crippen LogP contribution in [0.2, 0.25) is 0 Å². The summed E-state index contributed by atoms with van der Waals surface area (Å²) in [5.41, 5.74) is 22.7. The molecule has 0 spiro atoms. The van der Waals surface area contributed by atoms with Crippen molar-refractivity contribution in [1.82, 2.24) is 38.2 Å². The number of hydrogen-bond donors (Lipinski definition) is 0. The maximum absolute atomic E-state index is 4.85. The van der Waals surface area contributed by atoms with Crippen molar-refractivity contribution in [2.45, 2.75) is 32.2 Å². The molecule has 16 rings (SSSR count). The number of para-hydroxylation sites is 4. The molecular weight excluding hydrogens is 1000 g/mol. The quantitative estimate of drug-likeness (QED) is 0.115. The summed E-state index contributed by atoms with van der Waals surface area (Å²) in [5, 5.41) is 4.64. The summed E-state index contributed by atoms with van der Waals surface area (Å²) in [6.07, 6.45) is 11.0. The summed E-state index contributed by atoms with van der Waals surface area (Å²) < 4.78 is 9.48. The van der Waals surface area contributed by atoms with E-state index >= 15 is 0 Å². The third-order valence-electron chi connectivity index (χ3n) is 17.1. The van der Waals surface area contributed by atoms with Crippen LogP contribution in [0.3, 0.4) is 0 Å². The first-order valence-electron chi connectivity index (χ1n) is 28.3. The SMILES string of the molecule is c1ccc2c(c1)c1ncccc1n2Cc1ccc(CC(Cc2ccc(-n3c4ccccc4c4ncccc43)cc2)(Cc2ccc(-n3c4ccccc4c4ncccc43)cc2)Cc2ccc(-n3c4ccccc4c4ncccc43)cc2)cc1. The minimum Gasteiger partial charge on any atom is -0.335 e. The van der Waals surface area contributed by atoms with Gasteiger partial charge in [0.25, 0.3) is 0 Å². The molecule has 0 amide bonds. The first-order chi connectivity index (χ1) is 40.6. The molecule has 0 atom stereocenters. The third kappa shape index (κ3) is 8.05. The molecule has 82 heavy (non-hydrogen) atoms. The Bertz CT molecular complexity index is 4470. The van der Waals surface area contributed by atoms with Crippen LogP contribution in [0.1, 0.15) is 27.8 Å². The van der Waals surface area contributed by atoms with E-state index in [0.29, 0.717) is 0 Å². The highest BCUT2D eigenvalue weighted by Crippen LogP contribution is 2.40. The van der Waals surface area contributed by atoms with Gasteiger partial charge < -0.3 is 18.3 Å². The summed E-state index contributed by atoms with van der Waals surface area (Å²) in [7, 11) is 0. The average molecular weight is 1060 g/mol. The van der Waals surface area contributed by atoms with E-state index in [1.165, 1.54) is 38.7 Å². The second-order valence-corrected chi connectivity index (χ2v) is 22.2. The Morgan fingerprint density at radius 2 is 0.512 bits per heavy atom. The first kappa shape index (κ1) is 47.6. The molecular formula is C74H54N8. The number of nitrogens with zero attached hydrogens (tertiary/aromatic N) is 8. The number of hydrogen-bond acceptors (Lipinski definition) is 4. The molecule has 0 saturated heterocycles. The number of aromatic nitrogens is 8. The minimum atomic E-state index is -0.269. The lowest BCUT2D eigenvalue weighted by Gasteiger charge is -2.36. The molecule has 8 aromatic carbocycles. The van der Waals surface area contributed by atoms with Gasteiger partial charge in [0, 0.05) is 69.9 Å². The molecule has 0 aliphatic rings. The second kappa shape index (κ2) is 19.4. The van der Waals surface area contributed by atoms with Gasteiger partial charge in [-0.2, -0.15) is 0 Å². The number of rotatable bonds is 13. The molecule has 8 nitrogen and oxygen atoms in total. The summed E-state index contributed by atoms with van der Waals surface area (Å²) in [4.78, 5) is 19.4. The number of benzene rings is 8. The molecule has 0 aliphatic heterocycles. The molecule has 0 unspecified atom stereocenters. The number of fused-ring (bicyclic) bond motifs is 12. The van der Waals surface area contributed by atoms with Gasteiger partial charge in [-0.1, -0.05) is 133 Å². The molecule has 0 radical (unpaired) electrons.